The molecule has 3 aromatic rings. The Hall–Kier alpha value is -3.03. The van der Waals surface area contributed by atoms with Gasteiger partial charge >= 0.3 is 0 Å². The number of ketones is 1. The fourth-order valence-corrected chi connectivity index (χ4v) is 5.74. The van der Waals surface area contributed by atoms with E-state index in [0.717, 1.165) is 35.1 Å². The Kier molecular flexibility index (Phi) is 6.13. The smallest absolute Gasteiger partial charge is 0.251 e. The molecule has 166 valence electrons. The number of sulfonamides is 1. The molecule has 2 aromatic carbocycles. The van der Waals surface area contributed by atoms with Crippen LogP contribution in [0.5, 0.6) is 0 Å². The number of carbonyl (C=O) groups excluding carboxylic acids is 1. The Bertz CT molecular complexity index is 1300. The maximum absolute atomic E-state index is 12.8. The largest absolute Gasteiger partial charge is 0.306 e. The van der Waals surface area contributed by atoms with E-state index in [1.165, 1.54) is 27.2 Å². The Balaban J connectivity index is 1.57. The van der Waals surface area contributed by atoms with Gasteiger partial charge in [-0.15, -0.1) is 0 Å². The maximum atomic E-state index is 12.8. The van der Waals surface area contributed by atoms with Crippen molar-refractivity contribution in [2.75, 3.05) is 13.1 Å². The van der Waals surface area contributed by atoms with E-state index in [-0.39, 0.29) is 17.2 Å². The van der Waals surface area contributed by atoms with E-state index in [1.54, 1.807) is 12.1 Å². The molecule has 2 heterocycles. The molecule has 0 bridgehead atoms. The summed E-state index contributed by atoms with van der Waals surface area (Å²) in [5.41, 5.74) is 4.54. The number of nitrogens with zero attached hydrogens (tertiary/aromatic N) is 2. The summed E-state index contributed by atoms with van der Waals surface area (Å²) in [6, 6.07) is 15.9. The summed E-state index contributed by atoms with van der Waals surface area (Å²) in [5.74, 6) is -0.254. The van der Waals surface area contributed by atoms with Crippen molar-refractivity contribution >= 4 is 15.8 Å². The fourth-order valence-electron chi connectivity index (χ4n) is 4.20. The van der Waals surface area contributed by atoms with Crippen LogP contribution in [0.1, 0.15) is 34.3 Å². The first-order valence-corrected chi connectivity index (χ1v) is 12.1. The van der Waals surface area contributed by atoms with Crippen LogP contribution in [0, 0.1) is 13.8 Å². The van der Waals surface area contributed by atoms with Gasteiger partial charge in [0, 0.05) is 30.9 Å². The summed E-state index contributed by atoms with van der Waals surface area (Å²) >= 11 is 0. The molecule has 0 radical (unpaired) electrons. The van der Waals surface area contributed by atoms with E-state index in [0.29, 0.717) is 18.7 Å². The Labute approximate surface area is 188 Å². The van der Waals surface area contributed by atoms with Gasteiger partial charge in [-0.3, -0.25) is 9.59 Å². The van der Waals surface area contributed by atoms with Crippen LogP contribution in [0.15, 0.2) is 70.5 Å². The topological polar surface area (TPSA) is 76.5 Å². The molecular formula is C25H26N2O4S. The first-order chi connectivity index (χ1) is 15.3. The molecule has 32 heavy (non-hydrogen) atoms. The lowest BCUT2D eigenvalue weighted by molar-refractivity contribution is 0.0970. The molecule has 1 saturated heterocycles. The van der Waals surface area contributed by atoms with Crippen LogP contribution in [0.25, 0.3) is 11.1 Å². The lowest BCUT2D eigenvalue weighted by Gasteiger charge is -2.16. The highest BCUT2D eigenvalue weighted by molar-refractivity contribution is 7.89. The summed E-state index contributed by atoms with van der Waals surface area (Å²) in [6.45, 7) is 4.85. The normalized spacial score (nSPS) is 14.6. The van der Waals surface area contributed by atoms with E-state index in [4.69, 9.17) is 0 Å². The molecule has 0 unspecified atom stereocenters. The van der Waals surface area contributed by atoms with E-state index in [9.17, 15) is 18.0 Å². The van der Waals surface area contributed by atoms with E-state index in [2.05, 4.69) is 26.0 Å². The van der Waals surface area contributed by atoms with Crippen molar-refractivity contribution in [1.82, 2.24) is 8.87 Å². The van der Waals surface area contributed by atoms with Crippen LogP contribution >= 0.6 is 0 Å². The number of hydrogen-bond donors (Lipinski definition) is 0. The van der Waals surface area contributed by atoms with Gasteiger partial charge in [-0.05, 0) is 55.0 Å². The highest BCUT2D eigenvalue weighted by Crippen LogP contribution is 2.27. The van der Waals surface area contributed by atoms with Crippen LogP contribution in [0.3, 0.4) is 0 Å². The van der Waals surface area contributed by atoms with Crippen molar-refractivity contribution in [2.24, 2.45) is 0 Å². The van der Waals surface area contributed by atoms with Gasteiger partial charge in [0.1, 0.15) is 0 Å². The summed E-state index contributed by atoms with van der Waals surface area (Å²) in [4.78, 5) is 25.2. The van der Waals surface area contributed by atoms with Crippen LogP contribution in [0.2, 0.25) is 0 Å². The second-order valence-corrected chi connectivity index (χ2v) is 10.1. The van der Waals surface area contributed by atoms with E-state index >= 15 is 0 Å². The van der Waals surface area contributed by atoms with Crippen molar-refractivity contribution in [3.05, 3.63) is 87.8 Å². The number of carbonyl (C=O) groups is 1. The minimum atomic E-state index is -3.66. The molecule has 0 saturated carbocycles. The Morgan fingerprint density at radius 1 is 0.906 bits per heavy atom. The third-order valence-corrected chi connectivity index (χ3v) is 7.83. The zero-order valence-corrected chi connectivity index (χ0v) is 19.1. The molecule has 7 heteroatoms. The third-order valence-electron chi connectivity index (χ3n) is 5.95. The second kappa shape index (κ2) is 8.84. The fraction of sp³-hybridized carbons (Fsp3) is 0.280. The highest BCUT2D eigenvalue weighted by Gasteiger charge is 2.27. The predicted octanol–water partition coefficient (Wildman–Crippen LogP) is 3.80. The van der Waals surface area contributed by atoms with Gasteiger partial charge in [0.2, 0.25) is 10.0 Å². The van der Waals surface area contributed by atoms with Crippen LogP contribution < -0.4 is 5.56 Å². The third kappa shape index (κ3) is 4.31. The van der Waals surface area contributed by atoms with Gasteiger partial charge in [-0.2, -0.15) is 4.31 Å². The zero-order chi connectivity index (χ0) is 22.9. The molecule has 1 aliphatic rings. The summed E-state index contributed by atoms with van der Waals surface area (Å²) in [6.07, 6.45) is 2.93. The van der Waals surface area contributed by atoms with Crippen molar-refractivity contribution in [3.63, 3.8) is 0 Å². The standard InChI is InChI=1S/C25H26N2O4S/c1-18-6-5-7-19(2)25(18)21-10-8-20(9-11-21)23(28)17-26-16-22(12-13-24(26)29)32(30,31)27-14-3-4-15-27/h5-13,16H,3-4,14-15,17H2,1-2H3. The number of benzene rings is 2. The lowest BCUT2D eigenvalue weighted by Crippen LogP contribution is -2.30. The molecule has 6 nitrogen and oxygen atoms in total. The quantitative estimate of drug-likeness (QED) is 0.535. The van der Waals surface area contributed by atoms with E-state index < -0.39 is 15.6 Å². The number of hydrogen-bond acceptors (Lipinski definition) is 4. The maximum Gasteiger partial charge on any atom is 0.251 e. The van der Waals surface area contributed by atoms with Gasteiger partial charge in [0.05, 0.1) is 11.4 Å². The molecule has 0 spiro atoms. The van der Waals surface area contributed by atoms with Crippen LogP contribution in [0.4, 0.5) is 0 Å². The molecule has 0 N–H and O–H groups in total. The average molecular weight is 451 g/mol. The zero-order valence-electron chi connectivity index (χ0n) is 18.2. The monoisotopic (exact) mass is 450 g/mol. The first-order valence-electron chi connectivity index (χ1n) is 10.7. The van der Waals surface area contributed by atoms with Gasteiger partial charge in [0.15, 0.2) is 5.78 Å². The number of pyridine rings is 1. The van der Waals surface area contributed by atoms with Crippen molar-refractivity contribution in [3.8, 4) is 11.1 Å². The molecular weight excluding hydrogens is 424 g/mol. The van der Waals surface area contributed by atoms with Crippen LogP contribution in [-0.2, 0) is 16.6 Å². The molecule has 0 atom stereocenters. The van der Waals surface area contributed by atoms with Gasteiger partial charge in [-0.1, -0.05) is 42.5 Å². The number of rotatable bonds is 6. The Morgan fingerprint density at radius 3 is 2.16 bits per heavy atom. The van der Waals surface area contributed by atoms with Gasteiger partial charge in [-0.25, -0.2) is 8.42 Å². The predicted molar refractivity (Wildman–Crippen MR) is 124 cm³/mol. The SMILES string of the molecule is Cc1cccc(C)c1-c1ccc(C(=O)Cn2cc(S(=O)(=O)N3CCCC3)ccc2=O)cc1. The van der Waals surface area contributed by atoms with Crippen LogP contribution in [-0.4, -0.2) is 36.2 Å². The number of Topliss-reactive ketones (excluding diaryl/α,β-unsaturated/α-hetero) is 1. The molecule has 4 rings (SSSR count). The minimum Gasteiger partial charge on any atom is -0.306 e. The van der Waals surface area contributed by atoms with Crippen molar-refractivity contribution in [2.45, 2.75) is 38.1 Å². The average Bonchev–Trinajstić information content (AvgIpc) is 3.31. The second-order valence-electron chi connectivity index (χ2n) is 8.21. The summed E-state index contributed by atoms with van der Waals surface area (Å²) < 4.78 is 28.2. The van der Waals surface area contributed by atoms with E-state index in [1.807, 2.05) is 18.2 Å². The Morgan fingerprint density at radius 2 is 1.53 bits per heavy atom. The molecule has 1 aromatic heterocycles. The minimum absolute atomic E-state index is 0.0391. The van der Waals surface area contributed by atoms with Crippen molar-refractivity contribution < 1.29 is 13.2 Å². The molecule has 0 aliphatic carbocycles. The highest BCUT2D eigenvalue weighted by atomic mass is 32.2. The summed E-state index contributed by atoms with van der Waals surface area (Å²) in [5, 5.41) is 0. The van der Waals surface area contributed by atoms with Gasteiger partial charge in [0.25, 0.3) is 5.56 Å². The lowest BCUT2D eigenvalue weighted by atomic mass is 9.95. The molecule has 1 aliphatic heterocycles. The first kappa shape index (κ1) is 22.2. The van der Waals surface area contributed by atoms with Gasteiger partial charge < -0.3 is 4.57 Å². The number of aromatic nitrogens is 1. The summed E-state index contributed by atoms with van der Waals surface area (Å²) in [7, 11) is -3.66. The van der Waals surface area contributed by atoms with Crippen molar-refractivity contribution in [1.29, 1.82) is 0 Å². The molecule has 1 fully saturated rings. The molecule has 0 amide bonds. The number of aryl methyl sites for hydroxylation is 2.